The lowest BCUT2D eigenvalue weighted by atomic mass is 9.94. The summed E-state index contributed by atoms with van der Waals surface area (Å²) in [6.45, 7) is 10.1. The molecule has 0 atom stereocenters. The number of rotatable bonds is 5. The third-order valence-electron chi connectivity index (χ3n) is 4.30. The highest BCUT2D eigenvalue weighted by atomic mass is 16.4. The van der Waals surface area contributed by atoms with Crippen molar-refractivity contribution in [3.05, 3.63) is 47.9 Å². The fourth-order valence-corrected chi connectivity index (χ4v) is 2.73. The molecule has 0 spiro atoms. The second kappa shape index (κ2) is 7.82. The number of imidazole rings is 1. The predicted molar refractivity (Wildman–Crippen MR) is 108 cm³/mol. The summed E-state index contributed by atoms with van der Waals surface area (Å²) in [6.07, 6.45) is 1.79. The van der Waals surface area contributed by atoms with Crippen molar-refractivity contribution in [1.29, 1.82) is 0 Å². The van der Waals surface area contributed by atoms with Gasteiger partial charge in [-0.2, -0.15) is 0 Å². The van der Waals surface area contributed by atoms with Crippen LogP contribution in [0.5, 0.6) is 0 Å². The van der Waals surface area contributed by atoms with Crippen LogP contribution in [0, 0.1) is 0 Å². The van der Waals surface area contributed by atoms with Gasteiger partial charge in [0.2, 0.25) is 5.89 Å². The first-order chi connectivity index (χ1) is 12.9. The van der Waals surface area contributed by atoms with Gasteiger partial charge < -0.3 is 19.6 Å². The van der Waals surface area contributed by atoms with Crippen molar-refractivity contribution in [2.75, 3.05) is 6.54 Å². The van der Waals surface area contributed by atoms with E-state index in [0.29, 0.717) is 24.9 Å². The summed E-state index contributed by atoms with van der Waals surface area (Å²) in [7, 11) is 2.02. The highest BCUT2D eigenvalue weighted by molar-refractivity contribution is 5.80. The molecule has 2 N–H and O–H groups in total. The topological polar surface area (TPSA) is 80.3 Å². The lowest BCUT2D eigenvalue weighted by molar-refractivity contribution is 0.379. The van der Waals surface area contributed by atoms with Crippen LogP contribution in [-0.4, -0.2) is 27.0 Å². The van der Waals surface area contributed by atoms with Crippen molar-refractivity contribution in [2.24, 2.45) is 12.0 Å². The second-order valence-electron chi connectivity index (χ2n) is 7.49. The van der Waals surface area contributed by atoms with Crippen LogP contribution >= 0.6 is 0 Å². The van der Waals surface area contributed by atoms with E-state index in [-0.39, 0.29) is 5.41 Å². The minimum atomic E-state index is -0.0515. The summed E-state index contributed by atoms with van der Waals surface area (Å²) in [5, 5.41) is 6.52. The van der Waals surface area contributed by atoms with E-state index < -0.39 is 0 Å². The molecule has 0 amide bonds. The minimum absolute atomic E-state index is 0.0515. The van der Waals surface area contributed by atoms with Gasteiger partial charge in [-0.3, -0.25) is 0 Å². The zero-order valence-electron chi connectivity index (χ0n) is 16.7. The Morgan fingerprint density at radius 3 is 2.67 bits per heavy atom. The number of nitrogens with zero attached hydrogens (tertiary/aromatic N) is 4. The monoisotopic (exact) mass is 368 g/mol. The summed E-state index contributed by atoms with van der Waals surface area (Å²) in [5.41, 5.74) is 2.04. The molecule has 0 aliphatic rings. The molecule has 0 saturated carbocycles. The van der Waals surface area contributed by atoms with Crippen LogP contribution in [0.1, 0.15) is 45.2 Å². The highest BCUT2D eigenvalue weighted by Crippen LogP contribution is 2.22. The SMILES string of the molecule is CCNC(=NCc1nc2ccccc2n1C)NCc1ncc(C(C)(C)C)o1. The molecule has 3 aromatic rings. The summed E-state index contributed by atoms with van der Waals surface area (Å²) in [6, 6.07) is 8.09. The van der Waals surface area contributed by atoms with Gasteiger partial charge >= 0.3 is 0 Å². The Bertz CT molecular complexity index is 931. The van der Waals surface area contributed by atoms with Gasteiger partial charge in [0.05, 0.1) is 23.8 Å². The fourth-order valence-electron chi connectivity index (χ4n) is 2.73. The fraction of sp³-hybridized carbons (Fsp3) is 0.450. The van der Waals surface area contributed by atoms with E-state index in [1.54, 1.807) is 6.20 Å². The first-order valence-corrected chi connectivity index (χ1v) is 9.26. The number of oxazole rings is 1. The number of fused-ring (bicyclic) bond motifs is 1. The summed E-state index contributed by atoms with van der Waals surface area (Å²) in [4.78, 5) is 13.7. The standard InChI is InChI=1S/C20H28N6O/c1-6-21-19(24-13-18-22-11-16(27-18)20(2,3)4)23-12-17-25-14-9-7-8-10-15(14)26(17)5/h7-11H,6,12-13H2,1-5H3,(H2,21,23,24). The number of aromatic nitrogens is 3. The van der Waals surface area contributed by atoms with Crippen molar-refractivity contribution >= 4 is 17.0 Å². The Labute approximate surface area is 159 Å². The number of para-hydroxylation sites is 2. The molecule has 3 rings (SSSR count). The molecule has 0 saturated heterocycles. The lowest BCUT2D eigenvalue weighted by Crippen LogP contribution is -2.37. The minimum Gasteiger partial charge on any atom is -0.443 e. The molecule has 7 nitrogen and oxygen atoms in total. The first-order valence-electron chi connectivity index (χ1n) is 9.26. The Balaban J connectivity index is 1.69. The number of guanidine groups is 1. The number of benzene rings is 1. The quantitative estimate of drug-likeness (QED) is 0.534. The van der Waals surface area contributed by atoms with E-state index in [9.17, 15) is 0 Å². The number of hydrogen-bond acceptors (Lipinski definition) is 4. The molecule has 2 heterocycles. The first kappa shape index (κ1) is 18.9. The average Bonchev–Trinajstić information content (AvgIpc) is 3.23. The summed E-state index contributed by atoms with van der Waals surface area (Å²) >= 11 is 0. The molecular weight excluding hydrogens is 340 g/mol. The van der Waals surface area contributed by atoms with Crippen LogP contribution in [0.3, 0.4) is 0 Å². The van der Waals surface area contributed by atoms with Crippen molar-refractivity contribution < 1.29 is 4.42 Å². The molecule has 2 aromatic heterocycles. The molecule has 0 bridgehead atoms. The maximum absolute atomic E-state index is 5.83. The van der Waals surface area contributed by atoms with E-state index >= 15 is 0 Å². The number of hydrogen-bond donors (Lipinski definition) is 2. The smallest absolute Gasteiger partial charge is 0.213 e. The molecule has 0 fully saturated rings. The maximum atomic E-state index is 5.83. The lowest BCUT2D eigenvalue weighted by Gasteiger charge is -2.13. The Morgan fingerprint density at radius 1 is 1.22 bits per heavy atom. The Kier molecular flexibility index (Phi) is 5.48. The van der Waals surface area contributed by atoms with Gasteiger partial charge in [-0.15, -0.1) is 0 Å². The van der Waals surface area contributed by atoms with Gasteiger partial charge in [-0.1, -0.05) is 32.9 Å². The molecule has 0 unspecified atom stereocenters. The molecule has 0 aliphatic carbocycles. The van der Waals surface area contributed by atoms with Crippen LogP contribution in [0.2, 0.25) is 0 Å². The van der Waals surface area contributed by atoms with Crippen molar-refractivity contribution in [3.8, 4) is 0 Å². The number of aliphatic imine (C=N–C) groups is 1. The van der Waals surface area contributed by atoms with Gasteiger partial charge in [0.25, 0.3) is 0 Å². The molecule has 144 valence electrons. The largest absolute Gasteiger partial charge is 0.443 e. The van der Waals surface area contributed by atoms with Gasteiger partial charge in [0.1, 0.15) is 18.1 Å². The molecule has 0 aliphatic heterocycles. The summed E-state index contributed by atoms with van der Waals surface area (Å²) < 4.78 is 7.90. The average molecular weight is 368 g/mol. The number of aryl methyl sites for hydroxylation is 1. The predicted octanol–water partition coefficient (Wildman–Crippen LogP) is 3.11. The van der Waals surface area contributed by atoms with E-state index in [1.807, 2.05) is 32.2 Å². The van der Waals surface area contributed by atoms with Crippen LogP contribution in [-0.2, 0) is 25.6 Å². The van der Waals surface area contributed by atoms with Gasteiger partial charge in [-0.05, 0) is 19.1 Å². The number of nitrogens with one attached hydrogen (secondary N) is 2. The van der Waals surface area contributed by atoms with Gasteiger partial charge in [-0.25, -0.2) is 15.0 Å². The molecule has 7 heteroatoms. The third-order valence-corrected chi connectivity index (χ3v) is 4.30. The van der Waals surface area contributed by atoms with E-state index in [2.05, 4.69) is 57.0 Å². The normalized spacial score (nSPS) is 12.6. The van der Waals surface area contributed by atoms with Crippen molar-refractivity contribution in [3.63, 3.8) is 0 Å². The third kappa shape index (κ3) is 4.48. The van der Waals surface area contributed by atoms with Crippen LogP contribution in [0.15, 0.2) is 39.9 Å². The molecule has 1 aromatic carbocycles. The maximum Gasteiger partial charge on any atom is 0.213 e. The molecule has 27 heavy (non-hydrogen) atoms. The van der Waals surface area contributed by atoms with Crippen LogP contribution in [0.4, 0.5) is 0 Å². The van der Waals surface area contributed by atoms with Crippen molar-refractivity contribution in [2.45, 2.75) is 46.2 Å². The van der Waals surface area contributed by atoms with Crippen LogP contribution in [0.25, 0.3) is 11.0 Å². The summed E-state index contributed by atoms with van der Waals surface area (Å²) in [5.74, 6) is 3.15. The molecule has 0 radical (unpaired) electrons. The van der Waals surface area contributed by atoms with E-state index in [0.717, 1.165) is 29.2 Å². The van der Waals surface area contributed by atoms with Crippen molar-refractivity contribution in [1.82, 2.24) is 25.2 Å². The zero-order chi connectivity index (χ0) is 19.4. The van der Waals surface area contributed by atoms with Gasteiger partial charge in [0.15, 0.2) is 5.96 Å². The Hall–Kier alpha value is -2.83. The van der Waals surface area contributed by atoms with E-state index in [1.165, 1.54) is 0 Å². The van der Waals surface area contributed by atoms with Gasteiger partial charge in [0, 0.05) is 19.0 Å². The zero-order valence-corrected chi connectivity index (χ0v) is 16.7. The second-order valence-corrected chi connectivity index (χ2v) is 7.49. The van der Waals surface area contributed by atoms with E-state index in [4.69, 9.17) is 4.42 Å². The highest BCUT2D eigenvalue weighted by Gasteiger charge is 2.19. The van der Waals surface area contributed by atoms with Crippen LogP contribution < -0.4 is 10.6 Å². The molecular formula is C20H28N6O. The Morgan fingerprint density at radius 2 is 2.00 bits per heavy atom.